The van der Waals surface area contributed by atoms with Gasteiger partial charge in [0.1, 0.15) is 29.6 Å². The van der Waals surface area contributed by atoms with Crippen LogP contribution in [-0.2, 0) is 22.7 Å². The van der Waals surface area contributed by atoms with Gasteiger partial charge < -0.3 is 19.7 Å². The summed E-state index contributed by atoms with van der Waals surface area (Å²) in [6, 6.07) is 21.2. The number of amides is 2. The number of hydrogen-bond acceptors (Lipinski definition) is 6. The van der Waals surface area contributed by atoms with Gasteiger partial charge in [-0.2, -0.15) is 0 Å². The van der Waals surface area contributed by atoms with Crippen LogP contribution in [0, 0.1) is 0 Å². The minimum atomic E-state index is -0.946. The molecule has 1 N–H and O–H groups in total. The van der Waals surface area contributed by atoms with E-state index in [4.69, 9.17) is 9.47 Å². The van der Waals surface area contributed by atoms with Crippen molar-refractivity contribution in [2.45, 2.75) is 51.9 Å². The van der Waals surface area contributed by atoms with E-state index in [1.165, 1.54) is 0 Å². The first-order valence-electron chi connectivity index (χ1n) is 12.9. The largest absolute Gasteiger partial charge is 0.497 e. The number of methoxy groups -OCH3 is 2. The molecule has 0 saturated carbocycles. The number of rotatable bonds is 11. The molecule has 1 atom stereocenters. The molecule has 4 aromatic rings. The Labute approximate surface area is 228 Å². The van der Waals surface area contributed by atoms with Gasteiger partial charge in [0.05, 0.1) is 26.3 Å². The molecule has 39 heavy (non-hydrogen) atoms. The maximum absolute atomic E-state index is 14.2. The number of ether oxygens (including phenoxy) is 2. The summed E-state index contributed by atoms with van der Waals surface area (Å²) in [6.07, 6.45) is 0.717. The Morgan fingerprint density at radius 3 is 2.49 bits per heavy atom. The highest BCUT2D eigenvalue weighted by Gasteiger charge is 2.35. The molecule has 0 aliphatic carbocycles. The Morgan fingerprint density at radius 2 is 1.74 bits per heavy atom. The third-order valence-electron chi connectivity index (χ3n) is 6.87. The highest BCUT2D eigenvalue weighted by Crippen LogP contribution is 2.30. The van der Waals surface area contributed by atoms with Crippen molar-refractivity contribution in [1.82, 2.24) is 25.2 Å². The van der Waals surface area contributed by atoms with Gasteiger partial charge in [-0.15, -0.1) is 5.10 Å². The van der Waals surface area contributed by atoms with E-state index in [1.807, 2.05) is 87.5 Å². The van der Waals surface area contributed by atoms with Gasteiger partial charge in [0.25, 0.3) is 0 Å². The number of nitrogens with zero attached hydrogens (tertiary/aromatic N) is 4. The fourth-order valence-corrected chi connectivity index (χ4v) is 4.37. The highest BCUT2D eigenvalue weighted by molar-refractivity contribution is 5.89. The van der Waals surface area contributed by atoms with Gasteiger partial charge in [-0.25, -0.2) is 4.68 Å². The first-order valence-corrected chi connectivity index (χ1v) is 12.9. The topological polar surface area (TPSA) is 98.6 Å². The van der Waals surface area contributed by atoms with Crippen molar-refractivity contribution in [1.29, 1.82) is 0 Å². The number of para-hydroxylation sites is 2. The lowest BCUT2D eigenvalue weighted by Crippen LogP contribution is -2.50. The fraction of sp³-hybridized carbons (Fsp3) is 0.333. The Morgan fingerprint density at radius 1 is 1.00 bits per heavy atom. The number of benzene rings is 3. The van der Waals surface area contributed by atoms with E-state index in [-0.39, 0.29) is 24.9 Å². The van der Waals surface area contributed by atoms with Gasteiger partial charge in [-0.1, -0.05) is 54.6 Å². The molecule has 4 rings (SSSR count). The third-order valence-corrected chi connectivity index (χ3v) is 6.87. The van der Waals surface area contributed by atoms with Crippen LogP contribution in [0.2, 0.25) is 0 Å². The molecule has 3 aromatic carbocycles. The van der Waals surface area contributed by atoms with E-state index in [0.29, 0.717) is 22.6 Å². The van der Waals surface area contributed by atoms with E-state index in [0.717, 1.165) is 17.5 Å². The predicted octanol–water partition coefficient (Wildman–Crippen LogP) is 4.52. The quantitative estimate of drug-likeness (QED) is 0.307. The maximum atomic E-state index is 14.2. The molecule has 0 radical (unpaired) electrons. The van der Waals surface area contributed by atoms with Gasteiger partial charge in [0.15, 0.2) is 0 Å². The van der Waals surface area contributed by atoms with Crippen LogP contribution < -0.4 is 14.8 Å². The minimum Gasteiger partial charge on any atom is -0.497 e. The second-order valence-corrected chi connectivity index (χ2v) is 9.98. The van der Waals surface area contributed by atoms with Crippen molar-refractivity contribution < 1.29 is 19.1 Å². The minimum absolute atomic E-state index is 0.0966. The van der Waals surface area contributed by atoms with Gasteiger partial charge in [0.2, 0.25) is 11.8 Å². The molecule has 1 unspecified atom stereocenters. The molecule has 2 amide bonds. The first-order chi connectivity index (χ1) is 18.8. The summed E-state index contributed by atoms with van der Waals surface area (Å²) in [5.41, 5.74) is 2.35. The van der Waals surface area contributed by atoms with Crippen LogP contribution in [0.5, 0.6) is 11.5 Å². The molecule has 0 spiro atoms. The maximum Gasteiger partial charge on any atom is 0.247 e. The first kappa shape index (κ1) is 27.6. The molecule has 1 heterocycles. The van der Waals surface area contributed by atoms with Crippen molar-refractivity contribution in [2.24, 2.45) is 0 Å². The van der Waals surface area contributed by atoms with Crippen LogP contribution in [0.4, 0.5) is 0 Å². The Hall–Kier alpha value is -4.40. The van der Waals surface area contributed by atoms with Crippen LogP contribution in [0.15, 0.2) is 72.8 Å². The molecule has 0 bridgehead atoms. The van der Waals surface area contributed by atoms with Gasteiger partial charge >= 0.3 is 0 Å². The molecule has 1 aromatic heterocycles. The summed E-state index contributed by atoms with van der Waals surface area (Å²) in [5, 5.41) is 11.5. The van der Waals surface area contributed by atoms with E-state index in [9.17, 15) is 9.59 Å². The van der Waals surface area contributed by atoms with Crippen LogP contribution in [0.3, 0.4) is 0 Å². The SMILES string of the molecule is CCC(C)(C)NC(=O)C(c1cccc(OC)c1)N(Cc1ccccc1OC)C(=O)Cn1nnc2ccccc21. The average Bonchev–Trinajstić information content (AvgIpc) is 3.35. The van der Waals surface area contributed by atoms with Crippen molar-refractivity contribution in [2.75, 3.05) is 14.2 Å². The zero-order valence-corrected chi connectivity index (χ0v) is 23.0. The normalized spacial score (nSPS) is 12.1. The van der Waals surface area contributed by atoms with E-state index < -0.39 is 11.6 Å². The standard InChI is InChI=1S/C30H35N5O4/c1-6-30(2,3)31-29(37)28(21-13-11-14-23(18-21)38-4)34(19-22-12-7-10-17-26(22)39-5)27(36)20-35-25-16-9-8-15-24(25)32-33-35/h7-18,28H,6,19-20H2,1-5H3,(H,31,37). The molecule has 0 aliphatic heterocycles. The third kappa shape index (κ3) is 6.37. The summed E-state index contributed by atoms with van der Waals surface area (Å²) in [5.74, 6) is 0.628. The lowest BCUT2D eigenvalue weighted by molar-refractivity contribution is -0.143. The van der Waals surface area contributed by atoms with Gasteiger partial charge in [-0.3, -0.25) is 9.59 Å². The summed E-state index contributed by atoms with van der Waals surface area (Å²) < 4.78 is 12.6. The van der Waals surface area contributed by atoms with E-state index in [2.05, 4.69) is 15.6 Å². The van der Waals surface area contributed by atoms with Gasteiger partial charge in [0, 0.05) is 11.1 Å². The van der Waals surface area contributed by atoms with E-state index in [1.54, 1.807) is 29.9 Å². The zero-order chi connectivity index (χ0) is 28.0. The molecular weight excluding hydrogens is 494 g/mol. The Balaban J connectivity index is 1.81. The van der Waals surface area contributed by atoms with Crippen molar-refractivity contribution in [3.8, 4) is 11.5 Å². The highest BCUT2D eigenvalue weighted by atomic mass is 16.5. The smallest absolute Gasteiger partial charge is 0.247 e. The summed E-state index contributed by atoms with van der Waals surface area (Å²) in [6.45, 7) is 5.97. The molecule has 0 aliphatic rings. The number of aromatic nitrogens is 3. The molecule has 0 saturated heterocycles. The Bertz CT molecular complexity index is 1450. The number of carbonyl (C=O) groups is 2. The molecular formula is C30H35N5O4. The monoisotopic (exact) mass is 529 g/mol. The second-order valence-electron chi connectivity index (χ2n) is 9.98. The van der Waals surface area contributed by atoms with Crippen molar-refractivity contribution >= 4 is 22.8 Å². The number of fused-ring (bicyclic) bond motifs is 1. The van der Waals surface area contributed by atoms with Crippen molar-refractivity contribution in [3.05, 3.63) is 83.9 Å². The molecule has 9 heteroatoms. The fourth-order valence-electron chi connectivity index (χ4n) is 4.37. The number of carbonyl (C=O) groups excluding carboxylic acids is 2. The van der Waals surface area contributed by atoms with Crippen LogP contribution >= 0.6 is 0 Å². The predicted molar refractivity (Wildman–Crippen MR) is 149 cm³/mol. The summed E-state index contributed by atoms with van der Waals surface area (Å²) in [7, 11) is 3.16. The van der Waals surface area contributed by atoms with Crippen LogP contribution in [-0.4, -0.2) is 51.5 Å². The summed E-state index contributed by atoms with van der Waals surface area (Å²) >= 11 is 0. The lowest BCUT2D eigenvalue weighted by Gasteiger charge is -2.35. The average molecular weight is 530 g/mol. The number of nitrogens with one attached hydrogen (secondary N) is 1. The van der Waals surface area contributed by atoms with Gasteiger partial charge in [-0.05, 0) is 56.2 Å². The lowest BCUT2D eigenvalue weighted by atomic mass is 9.98. The van der Waals surface area contributed by atoms with Crippen LogP contribution in [0.25, 0.3) is 11.0 Å². The van der Waals surface area contributed by atoms with Crippen LogP contribution in [0.1, 0.15) is 44.4 Å². The molecule has 0 fully saturated rings. The molecule has 204 valence electrons. The Kier molecular flexibility index (Phi) is 8.49. The number of hydrogen-bond donors (Lipinski definition) is 1. The van der Waals surface area contributed by atoms with E-state index >= 15 is 0 Å². The second kappa shape index (κ2) is 12.0. The zero-order valence-electron chi connectivity index (χ0n) is 23.0. The van der Waals surface area contributed by atoms with Crippen molar-refractivity contribution in [3.63, 3.8) is 0 Å². The summed E-state index contributed by atoms with van der Waals surface area (Å²) in [4.78, 5) is 29.7. The molecule has 9 nitrogen and oxygen atoms in total.